The van der Waals surface area contributed by atoms with Gasteiger partial charge in [-0.05, 0) is 37.6 Å². The number of benzene rings is 2. The zero-order valence-corrected chi connectivity index (χ0v) is 18.9. The van der Waals surface area contributed by atoms with Gasteiger partial charge in [-0.2, -0.15) is 0 Å². The Hall–Kier alpha value is -3.52. The zero-order chi connectivity index (χ0) is 22.5. The van der Waals surface area contributed by atoms with Crippen molar-refractivity contribution in [3.05, 3.63) is 78.3 Å². The summed E-state index contributed by atoms with van der Waals surface area (Å²) in [5.74, 6) is 2.04. The van der Waals surface area contributed by atoms with Gasteiger partial charge in [0.15, 0.2) is 11.0 Å². The van der Waals surface area contributed by atoms with Crippen molar-refractivity contribution in [3.8, 4) is 17.1 Å². The Bertz CT molecular complexity index is 1200. The molecule has 0 aliphatic heterocycles. The first-order valence-corrected chi connectivity index (χ1v) is 11.1. The summed E-state index contributed by atoms with van der Waals surface area (Å²) in [4.78, 5) is 12.8. The van der Waals surface area contributed by atoms with Gasteiger partial charge in [-0.25, -0.2) is 0 Å². The van der Waals surface area contributed by atoms with Gasteiger partial charge in [0.1, 0.15) is 11.5 Å². The van der Waals surface area contributed by atoms with Crippen molar-refractivity contribution < 1.29 is 13.9 Å². The van der Waals surface area contributed by atoms with Crippen LogP contribution in [0.25, 0.3) is 11.4 Å². The number of ether oxygens (including phenoxy) is 1. The molecule has 2 heterocycles. The average molecular weight is 449 g/mol. The molecule has 0 unspecified atom stereocenters. The largest absolute Gasteiger partial charge is 0.497 e. The quantitative estimate of drug-likeness (QED) is 0.381. The minimum Gasteiger partial charge on any atom is -0.497 e. The summed E-state index contributed by atoms with van der Waals surface area (Å²) in [6.07, 6.45) is 1.64. The molecular weight excluding hydrogens is 424 g/mol. The van der Waals surface area contributed by atoms with Crippen LogP contribution in [-0.2, 0) is 11.3 Å². The van der Waals surface area contributed by atoms with Crippen LogP contribution in [0.5, 0.6) is 5.75 Å². The number of rotatable bonds is 8. The Morgan fingerprint density at radius 1 is 1.16 bits per heavy atom. The first kappa shape index (κ1) is 21.7. The Morgan fingerprint density at radius 2 is 1.97 bits per heavy atom. The lowest BCUT2D eigenvalue weighted by Gasteiger charge is -2.14. The van der Waals surface area contributed by atoms with Crippen LogP contribution in [0, 0.1) is 6.92 Å². The summed E-state index contributed by atoms with van der Waals surface area (Å²) in [6.45, 7) is 4.33. The van der Waals surface area contributed by atoms with Crippen LogP contribution in [-0.4, -0.2) is 33.0 Å². The van der Waals surface area contributed by atoms with Crippen molar-refractivity contribution in [3.63, 3.8) is 0 Å². The summed E-state index contributed by atoms with van der Waals surface area (Å²) < 4.78 is 12.7. The summed E-state index contributed by atoms with van der Waals surface area (Å²) >= 11 is 1.37. The number of nitrogens with zero attached hydrogens (tertiary/aromatic N) is 3. The molecule has 2 aromatic heterocycles. The molecule has 0 saturated heterocycles. The van der Waals surface area contributed by atoms with E-state index in [-0.39, 0.29) is 5.91 Å². The van der Waals surface area contributed by atoms with Gasteiger partial charge in [0, 0.05) is 11.8 Å². The molecule has 0 radical (unpaired) electrons. The minimum atomic E-state index is -0.391. The first-order chi connectivity index (χ1) is 15.5. The van der Waals surface area contributed by atoms with E-state index >= 15 is 0 Å². The third-order valence-corrected chi connectivity index (χ3v) is 6.07. The van der Waals surface area contributed by atoms with E-state index in [4.69, 9.17) is 9.15 Å². The highest BCUT2D eigenvalue weighted by Crippen LogP contribution is 2.30. The second-order valence-electron chi connectivity index (χ2n) is 7.25. The molecule has 0 saturated carbocycles. The van der Waals surface area contributed by atoms with Gasteiger partial charge in [0.2, 0.25) is 5.91 Å². The molecule has 32 heavy (non-hydrogen) atoms. The normalized spacial score (nSPS) is 11.8. The van der Waals surface area contributed by atoms with Crippen LogP contribution in [0.4, 0.5) is 5.69 Å². The number of amides is 1. The van der Waals surface area contributed by atoms with Gasteiger partial charge in [0.05, 0.1) is 30.7 Å². The molecule has 0 fully saturated rings. The van der Waals surface area contributed by atoms with Gasteiger partial charge in [-0.1, -0.05) is 48.2 Å². The lowest BCUT2D eigenvalue weighted by atomic mass is 10.2. The summed E-state index contributed by atoms with van der Waals surface area (Å²) in [6, 6.07) is 19.3. The monoisotopic (exact) mass is 448 g/mol. The summed E-state index contributed by atoms with van der Waals surface area (Å²) in [5, 5.41) is 12.0. The molecule has 0 bridgehead atoms. The number of thioether (sulfide) groups is 1. The Balaban J connectivity index is 1.57. The lowest BCUT2D eigenvalue weighted by Crippen LogP contribution is -2.23. The van der Waals surface area contributed by atoms with Gasteiger partial charge >= 0.3 is 0 Å². The van der Waals surface area contributed by atoms with Gasteiger partial charge in [-0.3, -0.25) is 9.36 Å². The fourth-order valence-electron chi connectivity index (χ4n) is 3.26. The number of furan rings is 1. The molecule has 0 aliphatic carbocycles. The van der Waals surface area contributed by atoms with E-state index in [1.165, 1.54) is 11.8 Å². The molecule has 0 aliphatic rings. The van der Waals surface area contributed by atoms with Crippen LogP contribution in [0.2, 0.25) is 0 Å². The number of carbonyl (C=O) groups is 1. The van der Waals surface area contributed by atoms with Crippen molar-refractivity contribution in [1.29, 1.82) is 0 Å². The first-order valence-electron chi connectivity index (χ1n) is 10.2. The maximum atomic E-state index is 12.8. The van der Waals surface area contributed by atoms with E-state index in [0.717, 1.165) is 16.9 Å². The van der Waals surface area contributed by atoms with E-state index in [1.54, 1.807) is 19.4 Å². The highest BCUT2D eigenvalue weighted by atomic mass is 32.2. The van der Waals surface area contributed by atoms with Crippen molar-refractivity contribution in [2.45, 2.75) is 30.8 Å². The molecule has 1 amide bonds. The maximum Gasteiger partial charge on any atom is 0.237 e. The van der Waals surface area contributed by atoms with Crippen LogP contribution < -0.4 is 10.1 Å². The van der Waals surface area contributed by atoms with Crippen LogP contribution in [0.1, 0.15) is 18.2 Å². The van der Waals surface area contributed by atoms with E-state index < -0.39 is 5.25 Å². The van der Waals surface area contributed by atoms with Gasteiger partial charge in [0.25, 0.3) is 0 Å². The highest BCUT2D eigenvalue weighted by Gasteiger charge is 2.22. The van der Waals surface area contributed by atoms with Gasteiger partial charge in [-0.15, -0.1) is 10.2 Å². The van der Waals surface area contributed by atoms with E-state index in [0.29, 0.717) is 29.0 Å². The molecule has 4 aromatic rings. The molecule has 0 spiro atoms. The standard InChI is InChI=1S/C24H24N4O3S/c1-16-21(12-13-31-16)22-26-27-24(28(22)15-18-8-5-4-6-9-18)32-17(2)23(29)25-19-10-7-11-20(14-19)30-3/h4-14,17H,15H2,1-3H3,(H,25,29)/t17-/m0/s1. The van der Waals surface area contributed by atoms with Crippen molar-refractivity contribution >= 4 is 23.4 Å². The van der Waals surface area contributed by atoms with Crippen molar-refractivity contribution in [2.75, 3.05) is 12.4 Å². The Kier molecular flexibility index (Phi) is 6.61. The predicted octanol–water partition coefficient (Wildman–Crippen LogP) is 5.02. The Labute approximate surface area is 190 Å². The van der Waals surface area contributed by atoms with Gasteiger partial charge < -0.3 is 14.5 Å². The van der Waals surface area contributed by atoms with Crippen molar-refractivity contribution in [1.82, 2.24) is 14.8 Å². The third kappa shape index (κ3) is 4.86. The summed E-state index contributed by atoms with van der Waals surface area (Å²) in [5.41, 5.74) is 2.68. The van der Waals surface area contributed by atoms with Crippen LogP contribution in [0.3, 0.4) is 0 Å². The second kappa shape index (κ2) is 9.74. The zero-order valence-electron chi connectivity index (χ0n) is 18.1. The van der Waals surface area contributed by atoms with Crippen LogP contribution in [0.15, 0.2) is 76.5 Å². The SMILES string of the molecule is COc1cccc(NC(=O)[C@H](C)Sc2nnc(-c3ccoc3C)n2Cc2ccccc2)c1. The van der Waals surface area contributed by atoms with Crippen molar-refractivity contribution in [2.24, 2.45) is 0 Å². The number of anilines is 1. The predicted molar refractivity (Wildman–Crippen MR) is 125 cm³/mol. The smallest absolute Gasteiger partial charge is 0.237 e. The average Bonchev–Trinajstić information content (AvgIpc) is 3.40. The molecule has 1 atom stereocenters. The maximum absolute atomic E-state index is 12.8. The number of hydrogen-bond acceptors (Lipinski definition) is 6. The van der Waals surface area contributed by atoms with E-state index in [1.807, 2.05) is 60.9 Å². The van der Waals surface area contributed by atoms with E-state index in [2.05, 4.69) is 27.6 Å². The Morgan fingerprint density at radius 3 is 2.69 bits per heavy atom. The molecule has 2 aromatic carbocycles. The second-order valence-corrected chi connectivity index (χ2v) is 8.56. The lowest BCUT2D eigenvalue weighted by molar-refractivity contribution is -0.115. The molecular formula is C24H24N4O3S. The molecule has 8 heteroatoms. The third-order valence-electron chi connectivity index (χ3n) is 4.99. The fraction of sp³-hybridized carbons (Fsp3) is 0.208. The number of carbonyl (C=O) groups excluding carboxylic acids is 1. The number of aryl methyl sites for hydroxylation is 1. The number of aromatic nitrogens is 3. The summed E-state index contributed by atoms with van der Waals surface area (Å²) in [7, 11) is 1.60. The topological polar surface area (TPSA) is 82.2 Å². The number of methoxy groups -OCH3 is 1. The van der Waals surface area contributed by atoms with E-state index in [9.17, 15) is 4.79 Å². The number of nitrogens with one attached hydrogen (secondary N) is 1. The number of hydrogen-bond donors (Lipinski definition) is 1. The molecule has 4 rings (SSSR count). The highest BCUT2D eigenvalue weighted by molar-refractivity contribution is 8.00. The molecule has 1 N–H and O–H groups in total. The minimum absolute atomic E-state index is 0.126. The fourth-order valence-corrected chi connectivity index (χ4v) is 4.11. The molecule has 7 nitrogen and oxygen atoms in total. The molecule has 164 valence electrons. The van der Waals surface area contributed by atoms with Crippen LogP contribution >= 0.6 is 11.8 Å².